The second kappa shape index (κ2) is 8.64. The van der Waals surface area contributed by atoms with E-state index in [1.165, 1.54) is 11.1 Å². The van der Waals surface area contributed by atoms with Crippen LogP contribution < -0.4 is 10.1 Å². The summed E-state index contributed by atoms with van der Waals surface area (Å²) in [6.07, 6.45) is 1.46. The molecule has 2 amide bonds. The van der Waals surface area contributed by atoms with Crippen LogP contribution in [-0.4, -0.2) is 40.6 Å². The topological polar surface area (TPSA) is 89.6 Å². The summed E-state index contributed by atoms with van der Waals surface area (Å²) < 4.78 is 12.8. The van der Waals surface area contributed by atoms with Gasteiger partial charge in [0.05, 0.1) is 11.9 Å². The van der Waals surface area contributed by atoms with E-state index in [0.29, 0.717) is 23.7 Å². The standard InChI is InChI=1S/C21H24N4O4/c1-5-25-19(21(27)24(3)4)17(12-22-25)23-20(26)18-10-9-16(29-18)13-28-15-8-6-7-14(2)11-15/h6-12H,5,13H2,1-4H3,(H,23,26). The van der Waals surface area contributed by atoms with E-state index in [1.807, 2.05) is 38.1 Å². The van der Waals surface area contributed by atoms with Crippen molar-refractivity contribution in [1.29, 1.82) is 0 Å². The number of aryl methyl sites for hydroxylation is 2. The van der Waals surface area contributed by atoms with Gasteiger partial charge in [-0.3, -0.25) is 14.3 Å². The third-order valence-electron chi connectivity index (χ3n) is 4.25. The number of carbonyl (C=O) groups is 2. The Labute approximate surface area is 169 Å². The predicted molar refractivity (Wildman–Crippen MR) is 108 cm³/mol. The molecule has 2 heterocycles. The Morgan fingerprint density at radius 1 is 1.24 bits per heavy atom. The maximum Gasteiger partial charge on any atom is 0.291 e. The zero-order valence-corrected chi connectivity index (χ0v) is 16.9. The van der Waals surface area contributed by atoms with Crippen molar-refractivity contribution < 1.29 is 18.7 Å². The number of nitrogens with one attached hydrogen (secondary N) is 1. The quantitative estimate of drug-likeness (QED) is 0.662. The van der Waals surface area contributed by atoms with Gasteiger partial charge in [0.25, 0.3) is 11.8 Å². The lowest BCUT2D eigenvalue weighted by atomic mass is 10.2. The SMILES string of the molecule is CCn1ncc(NC(=O)c2ccc(COc3cccc(C)c3)o2)c1C(=O)N(C)C. The second-order valence-electron chi connectivity index (χ2n) is 6.75. The molecule has 0 aliphatic carbocycles. The Hall–Kier alpha value is -3.55. The highest BCUT2D eigenvalue weighted by Gasteiger charge is 2.22. The summed E-state index contributed by atoms with van der Waals surface area (Å²) >= 11 is 0. The van der Waals surface area contributed by atoms with Gasteiger partial charge in [0.15, 0.2) is 5.76 Å². The summed E-state index contributed by atoms with van der Waals surface area (Å²) in [7, 11) is 3.29. The van der Waals surface area contributed by atoms with Crippen molar-refractivity contribution in [2.24, 2.45) is 0 Å². The number of rotatable bonds is 7. The number of nitrogens with zero attached hydrogens (tertiary/aromatic N) is 3. The van der Waals surface area contributed by atoms with Gasteiger partial charge in [-0.15, -0.1) is 0 Å². The Bertz CT molecular complexity index is 1020. The number of hydrogen-bond donors (Lipinski definition) is 1. The van der Waals surface area contributed by atoms with Crippen molar-refractivity contribution in [3.8, 4) is 5.75 Å². The summed E-state index contributed by atoms with van der Waals surface area (Å²) in [6, 6.07) is 10.9. The minimum atomic E-state index is -0.463. The summed E-state index contributed by atoms with van der Waals surface area (Å²) in [5.74, 6) is 0.665. The predicted octanol–water partition coefficient (Wildman–Crippen LogP) is 3.34. The van der Waals surface area contributed by atoms with Crippen molar-refractivity contribution in [3.05, 3.63) is 65.4 Å². The molecule has 0 atom stereocenters. The normalized spacial score (nSPS) is 10.6. The summed E-state index contributed by atoms with van der Waals surface area (Å²) in [6.45, 7) is 4.57. The van der Waals surface area contributed by atoms with E-state index in [2.05, 4.69) is 10.4 Å². The first-order valence-electron chi connectivity index (χ1n) is 9.26. The van der Waals surface area contributed by atoms with Crippen LogP contribution in [0.3, 0.4) is 0 Å². The molecule has 3 aromatic rings. The molecule has 8 nitrogen and oxygen atoms in total. The highest BCUT2D eigenvalue weighted by molar-refractivity contribution is 6.07. The average Bonchev–Trinajstić information content (AvgIpc) is 3.32. The average molecular weight is 396 g/mol. The number of carbonyl (C=O) groups excluding carboxylic acids is 2. The van der Waals surface area contributed by atoms with Crippen LogP contribution >= 0.6 is 0 Å². The van der Waals surface area contributed by atoms with Crippen molar-refractivity contribution in [1.82, 2.24) is 14.7 Å². The van der Waals surface area contributed by atoms with Crippen molar-refractivity contribution in [2.75, 3.05) is 19.4 Å². The molecule has 0 bridgehead atoms. The Morgan fingerprint density at radius 2 is 2.03 bits per heavy atom. The third kappa shape index (κ3) is 4.66. The molecule has 3 rings (SSSR count). The molecule has 0 fully saturated rings. The van der Waals surface area contributed by atoms with Crippen LogP contribution in [0.15, 0.2) is 47.0 Å². The molecule has 152 valence electrons. The first-order chi connectivity index (χ1) is 13.9. The van der Waals surface area contributed by atoms with Gasteiger partial charge in [-0.25, -0.2) is 0 Å². The lowest BCUT2D eigenvalue weighted by Gasteiger charge is -2.13. The number of anilines is 1. The number of hydrogen-bond acceptors (Lipinski definition) is 5. The molecule has 0 radical (unpaired) electrons. The molecule has 1 aromatic carbocycles. The summed E-state index contributed by atoms with van der Waals surface area (Å²) in [4.78, 5) is 26.5. The van der Waals surface area contributed by atoms with Gasteiger partial charge in [0.1, 0.15) is 23.8 Å². The molecule has 0 aliphatic rings. The third-order valence-corrected chi connectivity index (χ3v) is 4.25. The van der Waals surface area contributed by atoms with Crippen LogP contribution in [0.5, 0.6) is 5.75 Å². The number of benzene rings is 1. The second-order valence-corrected chi connectivity index (χ2v) is 6.75. The monoisotopic (exact) mass is 396 g/mol. The zero-order valence-electron chi connectivity index (χ0n) is 16.9. The zero-order chi connectivity index (χ0) is 21.0. The van der Waals surface area contributed by atoms with E-state index in [4.69, 9.17) is 9.15 Å². The molecule has 0 aliphatic heterocycles. The van der Waals surface area contributed by atoms with E-state index in [0.717, 1.165) is 11.3 Å². The number of ether oxygens (including phenoxy) is 1. The minimum absolute atomic E-state index is 0.125. The van der Waals surface area contributed by atoms with E-state index >= 15 is 0 Å². The van der Waals surface area contributed by atoms with Crippen molar-refractivity contribution in [2.45, 2.75) is 27.0 Å². The molecule has 29 heavy (non-hydrogen) atoms. The highest BCUT2D eigenvalue weighted by atomic mass is 16.5. The molecule has 8 heteroatoms. The van der Waals surface area contributed by atoms with Crippen LogP contribution in [-0.2, 0) is 13.2 Å². The maximum absolute atomic E-state index is 12.6. The maximum atomic E-state index is 12.6. The number of amides is 2. The van der Waals surface area contributed by atoms with Crippen LogP contribution in [0.25, 0.3) is 0 Å². The first-order valence-corrected chi connectivity index (χ1v) is 9.26. The molecular weight excluding hydrogens is 372 g/mol. The van der Waals surface area contributed by atoms with Gasteiger partial charge in [-0.1, -0.05) is 12.1 Å². The van der Waals surface area contributed by atoms with Crippen LogP contribution in [0.4, 0.5) is 5.69 Å². The highest BCUT2D eigenvalue weighted by Crippen LogP contribution is 2.20. The molecule has 2 aromatic heterocycles. The lowest BCUT2D eigenvalue weighted by Crippen LogP contribution is -2.26. The van der Waals surface area contributed by atoms with Gasteiger partial charge >= 0.3 is 0 Å². The fraction of sp³-hybridized carbons (Fsp3) is 0.286. The van der Waals surface area contributed by atoms with Gasteiger partial charge in [0.2, 0.25) is 0 Å². The lowest BCUT2D eigenvalue weighted by molar-refractivity contribution is 0.0816. The first kappa shape index (κ1) is 20.2. The summed E-state index contributed by atoms with van der Waals surface area (Å²) in [5.41, 5.74) is 1.75. The van der Waals surface area contributed by atoms with Crippen LogP contribution in [0.1, 0.15) is 39.3 Å². The largest absolute Gasteiger partial charge is 0.486 e. The Kier molecular flexibility index (Phi) is 6.01. The van der Waals surface area contributed by atoms with Crippen molar-refractivity contribution >= 4 is 17.5 Å². The Balaban J connectivity index is 1.69. The van der Waals surface area contributed by atoms with Crippen LogP contribution in [0, 0.1) is 6.92 Å². The van der Waals surface area contributed by atoms with E-state index in [9.17, 15) is 9.59 Å². The molecule has 0 spiro atoms. The van der Waals surface area contributed by atoms with Gasteiger partial charge < -0.3 is 19.4 Å². The number of aromatic nitrogens is 2. The number of furan rings is 1. The molecule has 0 saturated heterocycles. The van der Waals surface area contributed by atoms with Gasteiger partial charge in [-0.05, 0) is 43.7 Å². The van der Waals surface area contributed by atoms with E-state index in [1.54, 1.807) is 30.9 Å². The molecular formula is C21H24N4O4. The Morgan fingerprint density at radius 3 is 2.72 bits per heavy atom. The molecule has 0 saturated carbocycles. The fourth-order valence-electron chi connectivity index (χ4n) is 2.78. The van der Waals surface area contributed by atoms with Gasteiger partial charge in [-0.2, -0.15) is 5.10 Å². The fourth-order valence-corrected chi connectivity index (χ4v) is 2.78. The van der Waals surface area contributed by atoms with Gasteiger partial charge in [0, 0.05) is 20.6 Å². The van der Waals surface area contributed by atoms with E-state index < -0.39 is 5.91 Å². The molecule has 0 unspecified atom stereocenters. The van der Waals surface area contributed by atoms with E-state index in [-0.39, 0.29) is 18.3 Å². The minimum Gasteiger partial charge on any atom is -0.486 e. The smallest absolute Gasteiger partial charge is 0.291 e. The summed E-state index contributed by atoms with van der Waals surface area (Å²) in [5, 5.41) is 6.87. The van der Waals surface area contributed by atoms with Crippen LogP contribution in [0.2, 0.25) is 0 Å². The molecule has 1 N–H and O–H groups in total. The van der Waals surface area contributed by atoms with Crippen molar-refractivity contribution in [3.63, 3.8) is 0 Å².